The van der Waals surface area contributed by atoms with Gasteiger partial charge in [0.25, 0.3) is 0 Å². The molecule has 4 heteroatoms. The van der Waals surface area contributed by atoms with Gasteiger partial charge in [0.2, 0.25) is 5.91 Å². The third-order valence-corrected chi connectivity index (χ3v) is 3.49. The highest BCUT2D eigenvalue weighted by molar-refractivity contribution is 5.82. The molecular weight excluding hydrogens is 228 g/mol. The molecule has 18 heavy (non-hydrogen) atoms. The van der Waals surface area contributed by atoms with E-state index in [9.17, 15) is 9.90 Å². The van der Waals surface area contributed by atoms with Gasteiger partial charge in [0.1, 0.15) is 0 Å². The highest BCUT2D eigenvalue weighted by atomic mass is 16.3. The van der Waals surface area contributed by atoms with Gasteiger partial charge < -0.3 is 16.2 Å². The SMILES string of the molecule is CC(O)C(N)CNC(=O)C1CC1c1ccccc1. The lowest BCUT2D eigenvalue weighted by Crippen LogP contribution is -2.44. The molecule has 1 aliphatic carbocycles. The van der Waals surface area contributed by atoms with E-state index in [1.165, 1.54) is 5.56 Å². The van der Waals surface area contributed by atoms with Crippen LogP contribution in [0.1, 0.15) is 24.8 Å². The Morgan fingerprint density at radius 1 is 1.50 bits per heavy atom. The minimum Gasteiger partial charge on any atom is -0.392 e. The molecule has 1 fully saturated rings. The van der Waals surface area contributed by atoms with Gasteiger partial charge >= 0.3 is 0 Å². The summed E-state index contributed by atoms with van der Waals surface area (Å²) in [6.07, 6.45) is 0.300. The van der Waals surface area contributed by atoms with E-state index in [0.717, 1.165) is 6.42 Å². The number of aliphatic hydroxyl groups excluding tert-OH is 1. The van der Waals surface area contributed by atoms with Gasteiger partial charge in [-0.3, -0.25) is 4.79 Å². The smallest absolute Gasteiger partial charge is 0.223 e. The summed E-state index contributed by atoms with van der Waals surface area (Å²) in [5, 5.41) is 12.0. The number of aliphatic hydroxyl groups is 1. The molecular formula is C14H20N2O2. The van der Waals surface area contributed by atoms with E-state index in [1.54, 1.807) is 6.92 Å². The molecule has 0 spiro atoms. The molecule has 98 valence electrons. The molecule has 0 heterocycles. The number of carbonyl (C=O) groups is 1. The fraction of sp³-hybridized carbons (Fsp3) is 0.500. The maximum atomic E-state index is 11.9. The van der Waals surface area contributed by atoms with Crippen molar-refractivity contribution in [2.75, 3.05) is 6.54 Å². The van der Waals surface area contributed by atoms with Crippen molar-refractivity contribution in [1.82, 2.24) is 5.32 Å². The Balaban J connectivity index is 1.80. The quantitative estimate of drug-likeness (QED) is 0.715. The Hall–Kier alpha value is -1.39. The first-order valence-electron chi connectivity index (χ1n) is 6.36. The van der Waals surface area contributed by atoms with Crippen molar-refractivity contribution in [3.8, 4) is 0 Å². The number of hydrogen-bond donors (Lipinski definition) is 3. The molecule has 4 atom stereocenters. The average Bonchev–Trinajstić information content (AvgIpc) is 3.16. The Kier molecular flexibility index (Phi) is 3.99. The number of hydrogen-bond acceptors (Lipinski definition) is 3. The highest BCUT2D eigenvalue weighted by Gasteiger charge is 2.43. The van der Waals surface area contributed by atoms with Gasteiger partial charge in [0.05, 0.1) is 6.10 Å². The van der Waals surface area contributed by atoms with Crippen LogP contribution >= 0.6 is 0 Å². The summed E-state index contributed by atoms with van der Waals surface area (Å²) in [5.41, 5.74) is 6.89. The summed E-state index contributed by atoms with van der Waals surface area (Å²) in [6.45, 7) is 1.95. The second kappa shape index (κ2) is 5.50. The lowest BCUT2D eigenvalue weighted by atomic mass is 10.1. The highest BCUT2D eigenvalue weighted by Crippen LogP contribution is 2.47. The van der Waals surface area contributed by atoms with Crippen LogP contribution in [0, 0.1) is 5.92 Å². The van der Waals surface area contributed by atoms with Crippen molar-refractivity contribution in [2.24, 2.45) is 11.7 Å². The molecule has 0 bridgehead atoms. The van der Waals surface area contributed by atoms with Crippen molar-refractivity contribution >= 4 is 5.91 Å². The van der Waals surface area contributed by atoms with Crippen LogP contribution in [0.3, 0.4) is 0 Å². The first-order valence-corrected chi connectivity index (χ1v) is 6.36. The second-order valence-electron chi connectivity index (χ2n) is 5.01. The monoisotopic (exact) mass is 248 g/mol. The van der Waals surface area contributed by atoms with Gasteiger partial charge in [-0.15, -0.1) is 0 Å². The fourth-order valence-electron chi connectivity index (χ4n) is 2.07. The van der Waals surface area contributed by atoms with Crippen LogP contribution in [-0.2, 0) is 4.79 Å². The van der Waals surface area contributed by atoms with Crippen LogP contribution in [0.5, 0.6) is 0 Å². The number of carbonyl (C=O) groups excluding carboxylic acids is 1. The van der Waals surface area contributed by atoms with E-state index in [1.807, 2.05) is 18.2 Å². The fourth-order valence-corrected chi connectivity index (χ4v) is 2.07. The Morgan fingerprint density at radius 3 is 2.78 bits per heavy atom. The van der Waals surface area contributed by atoms with Crippen molar-refractivity contribution in [3.05, 3.63) is 35.9 Å². The number of amides is 1. The molecule has 1 aliphatic rings. The predicted octanol–water partition coefficient (Wildman–Crippen LogP) is 0.614. The molecule has 1 aromatic carbocycles. The van der Waals surface area contributed by atoms with Gasteiger partial charge in [-0.1, -0.05) is 30.3 Å². The molecule has 1 aromatic rings. The first kappa shape index (κ1) is 13.1. The largest absolute Gasteiger partial charge is 0.392 e. The molecule has 0 saturated heterocycles. The van der Waals surface area contributed by atoms with Crippen LogP contribution in [0.2, 0.25) is 0 Å². The first-order chi connectivity index (χ1) is 8.59. The van der Waals surface area contributed by atoms with E-state index >= 15 is 0 Å². The second-order valence-corrected chi connectivity index (χ2v) is 5.01. The van der Waals surface area contributed by atoms with Gasteiger partial charge in [-0.05, 0) is 24.8 Å². The third-order valence-electron chi connectivity index (χ3n) is 3.49. The normalized spacial score (nSPS) is 25.3. The summed E-state index contributed by atoms with van der Waals surface area (Å²) in [4.78, 5) is 11.9. The lowest BCUT2D eigenvalue weighted by molar-refractivity contribution is -0.122. The van der Waals surface area contributed by atoms with Gasteiger partial charge in [-0.2, -0.15) is 0 Å². The number of nitrogens with two attached hydrogens (primary N) is 1. The van der Waals surface area contributed by atoms with Crippen LogP contribution in [-0.4, -0.2) is 29.7 Å². The average molecular weight is 248 g/mol. The Morgan fingerprint density at radius 2 is 2.17 bits per heavy atom. The zero-order chi connectivity index (χ0) is 13.1. The molecule has 0 radical (unpaired) electrons. The van der Waals surface area contributed by atoms with Crippen molar-refractivity contribution < 1.29 is 9.90 Å². The van der Waals surface area contributed by atoms with E-state index < -0.39 is 12.1 Å². The van der Waals surface area contributed by atoms with Gasteiger partial charge in [-0.25, -0.2) is 0 Å². The van der Waals surface area contributed by atoms with Crippen molar-refractivity contribution in [3.63, 3.8) is 0 Å². The molecule has 1 amide bonds. The molecule has 4 N–H and O–H groups in total. The summed E-state index contributed by atoms with van der Waals surface area (Å²) in [7, 11) is 0. The minimum absolute atomic E-state index is 0.0416. The maximum Gasteiger partial charge on any atom is 0.223 e. The van der Waals surface area contributed by atoms with Crippen LogP contribution in [0.25, 0.3) is 0 Å². The van der Waals surface area contributed by atoms with E-state index in [-0.39, 0.29) is 11.8 Å². The molecule has 1 saturated carbocycles. The standard InChI is InChI=1S/C14H20N2O2/c1-9(17)13(15)8-16-14(18)12-7-11(12)10-5-3-2-4-6-10/h2-6,9,11-13,17H,7-8,15H2,1H3,(H,16,18). The molecule has 4 unspecified atom stereocenters. The molecule has 4 nitrogen and oxygen atoms in total. The summed E-state index contributed by atoms with van der Waals surface area (Å²) < 4.78 is 0. The number of rotatable bonds is 5. The number of nitrogens with one attached hydrogen (secondary N) is 1. The van der Waals surface area contributed by atoms with Crippen LogP contribution < -0.4 is 11.1 Å². The lowest BCUT2D eigenvalue weighted by Gasteiger charge is -2.15. The summed E-state index contributed by atoms with van der Waals surface area (Å²) in [6, 6.07) is 9.67. The van der Waals surface area contributed by atoms with Gasteiger partial charge in [0, 0.05) is 18.5 Å². The Bertz CT molecular complexity index is 406. The summed E-state index contributed by atoms with van der Waals surface area (Å²) >= 11 is 0. The maximum absolute atomic E-state index is 11.9. The minimum atomic E-state index is -0.602. The molecule has 0 aliphatic heterocycles. The number of benzene rings is 1. The van der Waals surface area contributed by atoms with E-state index in [2.05, 4.69) is 17.4 Å². The Labute approximate surface area is 107 Å². The third kappa shape index (κ3) is 3.09. The van der Waals surface area contributed by atoms with Crippen molar-refractivity contribution in [1.29, 1.82) is 0 Å². The molecule has 2 rings (SSSR count). The molecule has 0 aromatic heterocycles. The topological polar surface area (TPSA) is 75.3 Å². The van der Waals surface area contributed by atoms with Gasteiger partial charge in [0.15, 0.2) is 0 Å². The zero-order valence-corrected chi connectivity index (χ0v) is 10.5. The predicted molar refractivity (Wildman–Crippen MR) is 70.0 cm³/mol. The zero-order valence-electron chi connectivity index (χ0n) is 10.5. The van der Waals surface area contributed by atoms with Crippen molar-refractivity contribution in [2.45, 2.75) is 31.4 Å². The van der Waals surface area contributed by atoms with Crippen LogP contribution in [0.15, 0.2) is 30.3 Å². The van der Waals surface area contributed by atoms with E-state index in [4.69, 9.17) is 5.73 Å². The van der Waals surface area contributed by atoms with E-state index in [0.29, 0.717) is 12.5 Å². The van der Waals surface area contributed by atoms with Crippen LogP contribution in [0.4, 0.5) is 0 Å². The summed E-state index contributed by atoms with van der Waals surface area (Å²) in [5.74, 6) is 0.447.